The molecule has 0 bridgehead atoms. The molecule has 0 radical (unpaired) electrons. The Balaban J connectivity index is 1.51. The highest BCUT2D eigenvalue weighted by atomic mass is 32.1. The molecule has 32 heavy (non-hydrogen) atoms. The monoisotopic (exact) mass is 456 g/mol. The van der Waals surface area contributed by atoms with Crippen LogP contribution < -0.4 is 5.32 Å². The first-order valence-electron chi connectivity index (χ1n) is 11.1. The molecule has 0 aliphatic carbocycles. The Morgan fingerprint density at radius 3 is 2.47 bits per heavy atom. The van der Waals surface area contributed by atoms with E-state index in [4.69, 9.17) is 4.74 Å². The summed E-state index contributed by atoms with van der Waals surface area (Å²) in [5, 5.41) is 3.29. The molecule has 172 valence electrons. The van der Waals surface area contributed by atoms with Gasteiger partial charge in [-0.2, -0.15) is 0 Å². The van der Waals surface area contributed by atoms with E-state index >= 15 is 0 Å². The normalized spacial score (nSPS) is 20.7. The summed E-state index contributed by atoms with van der Waals surface area (Å²) in [5.74, 6) is -0.108. The van der Waals surface area contributed by atoms with Gasteiger partial charge in [-0.3, -0.25) is 9.69 Å². The minimum absolute atomic E-state index is 0.108. The van der Waals surface area contributed by atoms with Gasteiger partial charge in [0.05, 0.1) is 21.6 Å². The molecule has 1 aromatic heterocycles. The number of nitrogens with zero attached hydrogens (tertiary/aromatic N) is 3. The van der Waals surface area contributed by atoms with E-state index in [0.29, 0.717) is 13.0 Å². The highest BCUT2D eigenvalue weighted by molar-refractivity contribution is 7.13. The van der Waals surface area contributed by atoms with E-state index in [1.807, 2.05) is 40.3 Å². The number of likely N-dealkylation sites (N-methyl/N-ethyl adjacent to an activating group) is 1. The van der Waals surface area contributed by atoms with Crippen LogP contribution in [0.15, 0.2) is 29.8 Å². The van der Waals surface area contributed by atoms with Crippen molar-refractivity contribution in [2.75, 3.05) is 26.7 Å². The third kappa shape index (κ3) is 4.52. The predicted octanol–water partition coefficient (Wildman–Crippen LogP) is 3.77. The molecule has 2 aliphatic rings. The van der Waals surface area contributed by atoms with Crippen molar-refractivity contribution in [1.29, 1.82) is 0 Å². The van der Waals surface area contributed by atoms with Gasteiger partial charge in [-0.05, 0) is 58.7 Å². The first-order valence-corrected chi connectivity index (χ1v) is 12.0. The van der Waals surface area contributed by atoms with Crippen molar-refractivity contribution in [1.82, 2.24) is 20.1 Å². The number of benzene rings is 1. The molecule has 1 N–H and O–H groups in total. The van der Waals surface area contributed by atoms with Crippen LogP contribution in [0.2, 0.25) is 0 Å². The maximum absolute atomic E-state index is 13.3. The lowest BCUT2D eigenvalue weighted by atomic mass is 9.82. The number of carbonyl (C=O) groups is 2. The van der Waals surface area contributed by atoms with Gasteiger partial charge in [0.2, 0.25) is 5.91 Å². The highest BCUT2D eigenvalue weighted by Gasteiger charge is 2.46. The molecule has 2 amide bonds. The first-order chi connectivity index (χ1) is 15.1. The van der Waals surface area contributed by atoms with Gasteiger partial charge >= 0.3 is 6.09 Å². The number of thiazole rings is 1. The van der Waals surface area contributed by atoms with E-state index < -0.39 is 23.3 Å². The summed E-state index contributed by atoms with van der Waals surface area (Å²) >= 11 is 1.63. The molecular formula is C24H32N4O3S. The minimum atomic E-state index is -0.587. The zero-order valence-electron chi connectivity index (χ0n) is 19.5. The molecule has 3 heterocycles. The summed E-state index contributed by atoms with van der Waals surface area (Å²) in [5.41, 5.74) is 4.06. The summed E-state index contributed by atoms with van der Waals surface area (Å²) in [6, 6.07) is 7.91. The van der Waals surface area contributed by atoms with Crippen molar-refractivity contribution in [3.05, 3.63) is 41.0 Å². The van der Waals surface area contributed by atoms with Crippen LogP contribution in [0.4, 0.5) is 4.79 Å². The second-order valence-corrected chi connectivity index (χ2v) is 10.8. The van der Waals surface area contributed by atoms with Crippen LogP contribution in [0.1, 0.15) is 44.9 Å². The summed E-state index contributed by atoms with van der Waals surface area (Å²) in [4.78, 5) is 35.2. The Kier molecular flexibility index (Phi) is 6.02. The van der Waals surface area contributed by atoms with E-state index in [9.17, 15) is 9.59 Å². The first kappa shape index (κ1) is 22.7. The third-order valence-electron chi connectivity index (χ3n) is 6.07. The fraction of sp³-hybridized carbons (Fsp3) is 0.542. The van der Waals surface area contributed by atoms with E-state index in [1.165, 1.54) is 4.88 Å². The van der Waals surface area contributed by atoms with Crippen LogP contribution in [0, 0.1) is 6.92 Å². The highest BCUT2D eigenvalue weighted by Crippen LogP contribution is 2.34. The second kappa shape index (κ2) is 8.48. The van der Waals surface area contributed by atoms with Crippen molar-refractivity contribution >= 4 is 23.3 Å². The fourth-order valence-electron chi connectivity index (χ4n) is 4.63. The molecule has 0 spiro atoms. The summed E-state index contributed by atoms with van der Waals surface area (Å²) in [6.45, 7) is 9.54. The molecule has 0 unspecified atom stereocenters. The average molecular weight is 457 g/mol. The number of amides is 2. The Hall–Kier alpha value is -2.45. The number of carbonyl (C=O) groups excluding carboxylic acids is 2. The minimum Gasteiger partial charge on any atom is -0.444 e. The van der Waals surface area contributed by atoms with Crippen molar-refractivity contribution in [3.8, 4) is 10.4 Å². The Labute approximate surface area is 193 Å². The van der Waals surface area contributed by atoms with E-state index in [-0.39, 0.29) is 5.91 Å². The van der Waals surface area contributed by atoms with Gasteiger partial charge in [-0.15, -0.1) is 11.3 Å². The maximum atomic E-state index is 13.3. The zero-order valence-corrected chi connectivity index (χ0v) is 20.3. The largest absolute Gasteiger partial charge is 0.444 e. The molecule has 1 aromatic carbocycles. The van der Waals surface area contributed by atoms with Gasteiger partial charge in [-0.1, -0.05) is 24.3 Å². The number of nitrogens with one attached hydrogen (secondary N) is 1. The van der Waals surface area contributed by atoms with Crippen molar-refractivity contribution < 1.29 is 14.3 Å². The van der Waals surface area contributed by atoms with Gasteiger partial charge in [0.15, 0.2) is 0 Å². The third-order valence-corrected chi connectivity index (χ3v) is 7.05. The van der Waals surface area contributed by atoms with Crippen molar-refractivity contribution in [2.45, 2.75) is 57.7 Å². The summed E-state index contributed by atoms with van der Waals surface area (Å²) in [7, 11) is 2.04. The van der Waals surface area contributed by atoms with Gasteiger partial charge < -0.3 is 15.0 Å². The number of rotatable bonds is 4. The van der Waals surface area contributed by atoms with Crippen LogP contribution in [-0.4, -0.2) is 65.1 Å². The number of hydrogen-bond acceptors (Lipinski definition) is 6. The number of aromatic nitrogens is 1. The molecule has 4 rings (SSSR count). The molecule has 1 atom stereocenters. The Bertz CT molecular complexity index is 989. The smallest absolute Gasteiger partial charge is 0.410 e. The zero-order chi connectivity index (χ0) is 23.1. The number of hydrogen-bond donors (Lipinski definition) is 1. The Morgan fingerprint density at radius 2 is 1.91 bits per heavy atom. The van der Waals surface area contributed by atoms with Crippen LogP contribution in [0.3, 0.4) is 0 Å². The molecular weight excluding hydrogens is 424 g/mol. The van der Waals surface area contributed by atoms with Gasteiger partial charge in [0.1, 0.15) is 11.6 Å². The lowest BCUT2D eigenvalue weighted by Gasteiger charge is -2.50. The van der Waals surface area contributed by atoms with Crippen LogP contribution in [-0.2, 0) is 15.1 Å². The Morgan fingerprint density at radius 1 is 1.22 bits per heavy atom. The molecule has 2 aromatic rings. The van der Waals surface area contributed by atoms with Crippen LogP contribution in [0.25, 0.3) is 10.4 Å². The number of aryl methyl sites for hydroxylation is 1. The van der Waals surface area contributed by atoms with Gasteiger partial charge in [-0.25, -0.2) is 9.78 Å². The van der Waals surface area contributed by atoms with Crippen LogP contribution in [0.5, 0.6) is 0 Å². The van der Waals surface area contributed by atoms with Gasteiger partial charge in [0, 0.05) is 19.6 Å². The van der Waals surface area contributed by atoms with E-state index in [0.717, 1.165) is 36.3 Å². The van der Waals surface area contributed by atoms with E-state index in [1.54, 1.807) is 16.2 Å². The average Bonchev–Trinajstić information content (AvgIpc) is 3.34. The fourth-order valence-corrected chi connectivity index (χ4v) is 5.44. The second-order valence-electron chi connectivity index (χ2n) is 9.92. The summed E-state index contributed by atoms with van der Waals surface area (Å²) < 4.78 is 5.53. The lowest BCUT2D eigenvalue weighted by Crippen LogP contribution is -2.68. The van der Waals surface area contributed by atoms with E-state index in [2.05, 4.69) is 39.5 Å². The van der Waals surface area contributed by atoms with Crippen molar-refractivity contribution in [3.63, 3.8) is 0 Å². The lowest BCUT2D eigenvalue weighted by molar-refractivity contribution is -0.130. The van der Waals surface area contributed by atoms with Crippen molar-refractivity contribution in [2.24, 2.45) is 0 Å². The molecule has 8 heteroatoms. The molecule has 2 aliphatic heterocycles. The summed E-state index contributed by atoms with van der Waals surface area (Å²) in [6.07, 6.45) is 1.03. The SMILES string of the molecule is Cc1ncsc1-c1ccc(C2(NC(=O)[C@@H]3CCCN3C(=O)OC(C)(C)C)CN(C)C2)cc1. The van der Waals surface area contributed by atoms with Crippen LogP contribution >= 0.6 is 11.3 Å². The quantitative estimate of drug-likeness (QED) is 0.758. The number of ether oxygens (including phenoxy) is 1. The standard InChI is InChI=1S/C24H32N4O3S/c1-16-20(32-15-25-16)17-8-10-18(11-9-17)24(13-27(5)14-24)26-21(29)19-7-6-12-28(19)22(30)31-23(2,3)4/h8-11,15,19H,6-7,12-14H2,1-5H3,(H,26,29)/t19-/m0/s1. The predicted molar refractivity (Wildman–Crippen MR) is 126 cm³/mol. The molecule has 7 nitrogen and oxygen atoms in total. The molecule has 0 saturated carbocycles. The molecule has 2 saturated heterocycles. The number of likely N-dealkylation sites (tertiary alicyclic amines) is 2. The van der Waals surface area contributed by atoms with Gasteiger partial charge in [0.25, 0.3) is 0 Å². The molecule has 2 fully saturated rings. The maximum Gasteiger partial charge on any atom is 0.410 e. The topological polar surface area (TPSA) is 74.8 Å².